The van der Waals surface area contributed by atoms with Crippen LogP contribution in [0.3, 0.4) is 0 Å². The molecule has 0 amide bonds. The van der Waals surface area contributed by atoms with Crippen LogP contribution in [0.15, 0.2) is 15.9 Å². The van der Waals surface area contributed by atoms with E-state index in [1.54, 1.807) is 12.1 Å². The van der Waals surface area contributed by atoms with Crippen molar-refractivity contribution in [3.05, 3.63) is 30.8 Å². The van der Waals surface area contributed by atoms with Crippen LogP contribution in [-0.2, 0) is 11.3 Å². The highest BCUT2D eigenvalue weighted by Gasteiger charge is 2.12. The van der Waals surface area contributed by atoms with Gasteiger partial charge in [0.05, 0.1) is 3.79 Å². The molecule has 2 rings (SSSR count). The van der Waals surface area contributed by atoms with Crippen molar-refractivity contribution in [3.63, 3.8) is 0 Å². The summed E-state index contributed by atoms with van der Waals surface area (Å²) in [7, 11) is 0. The Bertz CT molecular complexity index is 514. The molecule has 4 nitrogen and oxygen atoms in total. The Labute approximate surface area is 112 Å². The number of rotatable bonds is 3. The molecular weight excluding hydrogens is 336 g/mol. The summed E-state index contributed by atoms with van der Waals surface area (Å²) in [6.07, 6.45) is 0. The van der Waals surface area contributed by atoms with Crippen molar-refractivity contribution in [2.45, 2.75) is 6.61 Å². The topological polar surface area (TPSA) is 52.1 Å². The van der Waals surface area contributed by atoms with Gasteiger partial charge in [-0.05, 0) is 28.1 Å². The minimum absolute atomic E-state index is 0.0453. The number of aromatic nitrogens is 2. The summed E-state index contributed by atoms with van der Waals surface area (Å²) >= 11 is 11.4. The highest BCUT2D eigenvalue weighted by molar-refractivity contribution is 9.11. The van der Waals surface area contributed by atoms with Crippen LogP contribution in [0.5, 0.6) is 0 Å². The fourth-order valence-electron chi connectivity index (χ4n) is 0.912. The summed E-state index contributed by atoms with van der Waals surface area (Å²) in [6.45, 7) is 0.0453. The van der Waals surface area contributed by atoms with E-state index in [4.69, 9.17) is 16.3 Å². The molecule has 0 fully saturated rings. The van der Waals surface area contributed by atoms with Crippen molar-refractivity contribution in [2.24, 2.45) is 0 Å². The average molecular weight is 340 g/mol. The number of hydrogen-bond donors (Lipinski definition) is 0. The normalized spacial score (nSPS) is 10.4. The molecule has 84 valence electrons. The number of carbonyl (C=O) groups is 1. The first-order valence-corrected chi connectivity index (χ1v) is 6.82. The van der Waals surface area contributed by atoms with Crippen molar-refractivity contribution < 1.29 is 9.53 Å². The second-order valence-electron chi connectivity index (χ2n) is 2.67. The van der Waals surface area contributed by atoms with Gasteiger partial charge in [0, 0.05) is 11.5 Å². The standard InChI is InChI=1S/C8H4BrClN2O2S2/c9-6-2-1-5(15-6)8(13)14-3-4-7(10)16-12-11-4/h1-2H,3H2. The quantitative estimate of drug-likeness (QED) is 0.805. The number of ether oxygens (including phenoxy) is 1. The van der Waals surface area contributed by atoms with Gasteiger partial charge >= 0.3 is 5.97 Å². The van der Waals surface area contributed by atoms with Gasteiger partial charge in [-0.25, -0.2) is 4.79 Å². The molecule has 2 aromatic rings. The molecule has 2 aromatic heterocycles. The summed E-state index contributed by atoms with van der Waals surface area (Å²) in [4.78, 5) is 12.1. The van der Waals surface area contributed by atoms with Gasteiger partial charge in [0.1, 0.15) is 21.5 Å². The summed E-state index contributed by atoms with van der Waals surface area (Å²) < 4.78 is 10.0. The zero-order valence-electron chi connectivity index (χ0n) is 7.65. The van der Waals surface area contributed by atoms with E-state index in [0.717, 1.165) is 15.3 Å². The molecular formula is C8H4BrClN2O2S2. The molecule has 0 unspecified atom stereocenters. The number of hydrogen-bond acceptors (Lipinski definition) is 6. The maximum atomic E-state index is 11.5. The third kappa shape index (κ3) is 2.79. The summed E-state index contributed by atoms with van der Waals surface area (Å²) in [5.41, 5.74) is 0.482. The van der Waals surface area contributed by atoms with Crippen molar-refractivity contribution in [3.8, 4) is 0 Å². The lowest BCUT2D eigenvalue weighted by Gasteiger charge is -1.99. The first kappa shape index (κ1) is 12.0. The second kappa shape index (κ2) is 5.22. The molecule has 0 saturated carbocycles. The first-order chi connectivity index (χ1) is 7.66. The summed E-state index contributed by atoms with van der Waals surface area (Å²) in [5.74, 6) is -0.389. The van der Waals surface area contributed by atoms with Gasteiger partial charge in [-0.15, -0.1) is 16.4 Å². The fraction of sp³-hybridized carbons (Fsp3) is 0.125. The molecule has 8 heteroatoms. The minimum atomic E-state index is -0.389. The smallest absolute Gasteiger partial charge is 0.348 e. The SMILES string of the molecule is O=C(OCc1nnsc1Cl)c1ccc(Br)s1. The van der Waals surface area contributed by atoms with Crippen LogP contribution >= 0.6 is 50.4 Å². The van der Waals surface area contributed by atoms with Crippen molar-refractivity contribution >= 4 is 56.4 Å². The van der Waals surface area contributed by atoms with E-state index < -0.39 is 0 Å². The third-order valence-electron chi connectivity index (χ3n) is 1.62. The molecule has 2 heterocycles. The van der Waals surface area contributed by atoms with Crippen LogP contribution in [0.2, 0.25) is 4.34 Å². The van der Waals surface area contributed by atoms with E-state index in [1.165, 1.54) is 11.3 Å². The van der Waals surface area contributed by atoms with Gasteiger partial charge < -0.3 is 4.74 Å². The molecule has 0 aliphatic rings. The molecule has 0 atom stereocenters. The van der Waals surface area contributed by atoms with Crippen molar-refractivity contribution in [2.75, 3.05) is 0 Å². The molecule has 0 bridgehead atoms. The zero-order valence-corrected chi connectivity index (χ0v) is 11.6. The molecule has 0 N–H and O–H groups in total. The van der Waals surface area contributed by atoms with Crippen LogP contribution in [0.25, 0.3) is 0 Å². The second-order valence-corrected chi connectivity index (χ2v) is 6.49. The third-order valence-corrected chi connectivity index (χ3v) is 4.21. The van der Waals surface area contributed by atoms with Crippen LogP contribution in [0.4, 0.5) is 0 Å². The van der Waals surface area contributed by atoms with E-state index in [2.05, 4.69) is 25.5 Å². The lowest BCUT2D eigenvalue weighted by molar-refractivity contribution is 0.0474. The maximum Gasteiger partial charge on any atom is 0.348 e. The van der Waals surface area contributed by atoms with Crippen LogP contribution in [-0.4, -0.2) is 15.6 Å². The van der Waals surface area contributed by atoms with Gasteiger partial charge in [-0.2, -0.15) is 0 Å². The number of thiophene rings is 1. The Balaban J connectivity index is 1.96. The van der Waals surface area contributed by atoms with Gasteiger partial charge in [0.2, 0.25) is 0 Å². The van der Waals surface area contributed by atoms with E-state index >= 15 is 0 Å². The predicted octanol–water partition coefficient (Wildman–Crippen LogP) is 3.37. The molecule has 0 radical (unpaired) electrons. The Kier molecular flexibility index (Phi) is 3.91. The first-order valence-electron chi connectivity index (χ1n) is 4.06. The van der Waals surface area contributed by atoms with Gasteiger partial charge in [0.15, 0.2) is 0 Å². The number of carbonyl (C=O) groups excluding carboxylic acids is 1. The van der Waals surface area contributed by atoms with E-state index in [0.29, 0.717) is 14.9 Å². The Hall–Kier alpha value is -0.500. The Morgan fingerprint density at radius 1 is 1.56 bits per heavy atom. The lowest BCUT2D eigenvalue weighted by atomic mass is 10.5. The molecule has 0 aliphatic carbocycles. The van der Waals surface area contributed by atoms with Crippen LogP contribution in [0.1, 0.15) is 15.4 Å². The molecule has 0 aliphatic heterocycles. The zero-order chi connectivity index (χ0) is 11.5. The molecule has 0 spiro atoms. The van der Waals surface area contributed by atoms with E-state index in [9.17, 15) is 4.79 Å². The minimum Gasteiger partial charge on any atom is -0.455 e. The molecule has 0 saturated heterocycles. The largest absolute Gasteiger partial charge is 0.455 e. The maximum absolute atomic E-state index is 11.5. The molecule has 16 heavy (non-hydrogen) atoms. The number of nitrogens with zero attached hydrogens (tertiary/aromatic N) is 2. The lowest BCUT2D eigenvalue weighted by Crippen LogP contribution is -2.03. The van der Waals surface area contributed by atoms with Gasteiger partial charge in [0.25, 0.3) is 0 Å². The predicted molar refractivity (Wildman–Crippen MR) is 66.1 cm³/mol. The average Bonchev–Trinajstić information content (AvgIpc) is 2.84. The summed E-state index contributed by atoms with van der Waals surface area (Å²) in [6, 6.07) is 3.48. The monoisotopic (exact) mass is 338 g/mol. The van der Waals surface area contributed by atoms with Crippen molar-refractivity contribution in [1.82, 2.24) is 9.59 Å². The highest BCUT2D eigenvalue weighted by Crippen LogP contribution is 2.23. The van der Waals surface area contributed by atoms with Gasteiger partial charge in [-0.1, -0.05) is 16.1 Å². The van der Waals surface area contributed by atoms with Crippen molar-refractivity contribution in [1.29, 1.82) is 0 Å². The van der Waals surface area contributed by atoms with Gasteiger partial charge in [-0.3, -0.25) is 0 Å². The molecule has 0 aromatic carbocycles. The fourth-order valence-corrected chi connectivity index (χ4v) is 2.79. The summed E-state index contributed by atoms with van der Waals surface area (Å²) in [5, 5.41) is 3.74. The number of halogens is 2. The van der Waals surface area contributed by atoms with Crippen LogP contribution in [0, 0.1) is 0 Å². The van der Waals surface area contributed by atoms with E-state index in [1.807, 2.05) is 0 Å². The number of esters is 1. The van der Waals surface area contributed by atoms with E-state index in [-0.39, 0.29) is 12.6 Å². The Morgan fingerprint density at radius 3 is 2.94 bits per heavy atom. The Morgan fingerprint density at radius 2 is 2.38 bits per heavy atom. The highest BCUT2D eigenvalue weighted by atomic mass is 79.9. The van der Waals surface area contributed by atoms with Crippen LogP contribution < -0.4 is 0 Å².